The van der Waals surface area contributed by atoms with Gasteiger partial charge in [-0.1, -0.05) is 18.2 Å². The summed E-state index contributed by atoms with van der Waals surface area (Å²) in [6, 6.07) is 10.3. The third-order valence-corrected chi connectivity index (χ3v) is 3.05. The first-order chi connectivity index (χ1) is 8.81. The molecule has 3 heteroatoms. The van der Waals surface area contributed by atoms with Crippen molar-refractivity contribution in [3.63, 3.8) is 0 Å². The predicted molar refractivity (Wildman–Crippen MR) is 74.4 cm³/mol. The maximum Gasteiger partial charge on any atom is 0.0702 e. The molecule has 96 valence electrons. The van der Waals surface area contributed by atoms with Crippen LogP contribution in [0.1, 0.15) is 31.4 Å². The zero-order chi connectivity index (χ0) is 12.8. The van der Waals surface area contributed by atoms with Crippen LogP contribution in [-0.2, 0) is 4.74 Å². The molecule has 1 aromatic carbocycles. The first kappa shape index (κ1) is 13.0. The molecule has 18 heavy (non-hydrogen) atoms. The summed E-state index contributed by atoms with van der Waals surface area (Å²) in [5, 5.41) is 1.15. The van der Waals surface area contributed by atoms with E-state index >= 15 is 0 Å². The van der Waals surface area contributed by atoms with Crippen molar-refractivity contribution in [3.8, 4) is 0 Å². The third-order valence-electron chi connectivity index (χ3n) is 3.05. The SMILES string of the molecule is CCOCCCC(N)c1cnc2ccccc2c1. The second-order valence-electron chi connectivity index (χ2n) is 4.41. The number of ether oxygens (including phenoxy) is 1. The van der Waals surface area contributed by atoms with Crippen LogP contribution in [-0.4, -0.2) is 18.2 Å². The molecule has 0 aliphatic carbocycles. The van der Waals surface area contributed by atoms with Crippen molar-refractivity contribution in [3.05, 3.63) is 42.1 Å². The highest BCUT2D eigenvalue weighted by Crippen LogP contribution is 2.19. The van der Waals surface area contributed by atoms with Crippen molar-refractivity contribution < 1.29 is 4.74 Å². The lowest BCUT2D eigenvalue weighted by molar-refractivity contribution is 0.142. The first-order valence-electron chi connectivity index (χ1n) is 6.49. The molecule has 0 saturated carbocycles. The van der Waals surface area contributed by atoms with Crippen LogP contribution < -0.4 is 5.73 Å². The smallest absolute Gasteiger partial charge is 0.0702 e. The molecule has 0 aliphatic rings. The van der Waals surface area contributed by atoms with Gasteiger partial charge in [0.25, 0.3) is 0 Å². The maximum atomic E-state index is 6.17. The molecule has 0 saturated heterocycles. The summed E-state index contributed by atoms with van der Waals surface area (Å²) in [6.07, 6.45) is 3.80. The largest absolute Gasteiger partial charge is 0.382 e. The van der Waals surface area contributed by atoms with Gasteiger partial charge < -0.3 is 10.5 Å². The maximum absolute atomic E-state index is 6.17. The molecule has 2 aromatic rings. The molecule has 0 spiro atoms. The van der Waals surface area contributed by atoms with Gasteiger partial charge in [0.2, 0.25) is 0 Å². The number of nitrogens with zero attached hydrogens (tertiary/aromatic N) is 1. The van der Waals surface area contributed by atoms with Crippen LogP contribution in [0.5, 0.6) is 0 Å². The molecule has 2 rings (SSSR count). The van der Waals surface area contributed by atoms with Gasteiger partial charge in [-0.3, -0.25) is 4.98 Å². The van der Waals surface area contributed by atoms with Gasteiger partial charge in [-0.25, -0.2) is 0 Å². The number of nitrogens with two attached hydrogens (primary N) is 1. The summed E-state index contributed by atoms with van der Waals surface area (Å²) in [6.45, 7) is 3.56. The fourth-order valence-corrected chi connectivity index (χ4v) is 2.01. The number of hydrogen-bond acceptors (Lipinski definition) is 3. The Kier molecular flexibility index (Phi) is 4.67. The lowest BCUT2D eigenvalue weighted by Gasteiger charge is -2.12. The number of fused-ring (bicyclic) bond motifs is 1. The van der Waals surface area contributed by atoms with Crippen molar-refractivity contribution in [1.29, 1.82) is 0 Å². The second-order valence-corrected chi connectivity index (χ2v) is 4.41. The lowest BCUT2D eigenvalue weighted by atomic mass is 10.0. The molecule has 1 aromatic heterocycles. The van der Waals surface area contributed by atoms with Crippen molar-refractivity contribution in [1.82, 2.24) is 4.98 Å². The molecule has 1 unspecified atom stereocenters. The molecule has 1 heterocycles. The Morgan fingerprint density at radius 3 is 3.00 bits per heavy atom. The monoisotopic (exact) mass is 244 g/mol. The minimum atomic E-state index is 0.0440. The van der Waals surface area contributed by atoms with Gasteiger partial charge in [0.1, 0.15) is 0 Å². The van der Waals surface area contributed by atoms with Crippen LogP contribution in [0, 0.1) is 0 Å². The first-order valence-corrected chi connectivity index (χ1v) is 6.49. The van der Waals surface area contributed by atoms with Gasteiger partial charge in [0.05, 0.1) is 5.52 Å². The summed E-state index contributed by atoms with van der Waals surface area (Å²) in [4.78, 5) is 4.44. The van der Waals surface area contributed by atoms with E-state index in [4.69, 9.17) is 10.5 Å². The normalized spacial score (nSPS) is 12.8. The molecular weight excluding hydrogens is 224 g/mol. The van der Waals surface area contributed by atoms with Gasteiger partial charge in [-0.2, -0.15) is 0 Å². The lowest BCUT2D eigenvalue weighted by Crippen LogP contribution is -2.11. The average Bonchev–Trinajstić information content (AvgIpc) is 2.43. The Hall–Kier alpha value is -1.45. The minimum absolute atomic E-state index is 0.0440. The van der Waals surface area contributed by atoms with Crippen molar-refractivity contribution in [2.45, 2.75) is 25.8 Å². The Balaban J connectivity index is 2.01. The number of hydrogen-bond donors (Lipinski definition) is 1. The van der Waals surface area contributed by atoms with Crippen LogP contribution in [0.3, 0.4) is 0 Å². The molecule has 2 N–H and O–H groups in total. The molecule has 0 aliphatic heterocycles. The van der Waals surface area contributed by atoms with E-state index < -0.39 is 0 Å². The van der Waals surface area contributed by atoms with Gasteiger partial charge in [-0.15, -0.1) is 0 Å². The van der Waals surface area contributed by atoms with Crippen LogP contribution in [0.2, 0.25) is 0 Å². The highest BCUT2D eigenvalue weighted by Gasteiger charge is 2.07. The summed E-state index contributed by atoms with van der Waals surface area (Å²) in [5.41, 5.74) is 8.29. The quantitative estimate of drug-likeness (QED) is 0.794. The highest BCUT2D eigenvalue weighted by molar-refractivity contribution is 5.78. The number of pyridine rings is 1. The number of rotatable bonds is 6. The predicted octanol–water partition coefficient (Wildman–Crippen LogP) is 3.05. The van der Waals surface area contributed by atoms with E-state index in [1.807, 2.05) is 31.3 Å². The molecule has 0 radical (unpaired) electrons. The zero-order valence-corrected chi connectivity index (χ0v) is 10.8. The third kappa shape index (κ3) is 3.28. The van der Waals surface area contributed by atoms with E-state index in [1.54, 1.807) is 0 Å². The van der Waals surface area contributed by atoms with Crippen molar-refractivity contribution >= 4 is 10.9 Å². The van der Waals surface area contributed by atoms with E-state index in [9.17, 15) is 0 Å². The minimum Gasteiger partial charge on any atom is -0.382 e. The van der Waals surface area contributed by atoms with Gasteiger partial charge >= 0.3 is 0 Å². The molecule has 3 nitrogen and oxygen atoms in total. The van der Waals surface area contributed by atoms with Crippen LogP contribution in [0.15, 0.2) is 36.5 Å². The van der Waals surface area contributed by atoms with Crippen LogP contribution in [0.25, 0.3) is 10.9 Å². The average molecular weight is 244 g/mol. The summed E-state index contributed by atoms with van der Waals surface area (Å²) < 4.78 is 5.32. The van der Waals surface area contributed by atoms with E-state index in [0.717, 1.165) is 42.5 Å². The standard InChI is InChI=1S/C15H20N2O/c1-2-18-9-5-7-14(16)13-10-12-6-3-4-8-15(12)17-11-13/h3-4,6,8,10-11,14H,2,5,7,9,16H2,1H3. The van der Waals surface area contributed by atoms with E-state index in [-0.39, 0.29) is 6.04 Å². The van der Waals surface area contributed by atoms with Gasteiger partial charge in [0.15, 0.2) is 0 Å². The molecule has 0 amide bonds. The van der Waals surface area contributed by atoms with Gasteiger partial charge in [-0.05, 0) is 37.5 Å². The Labute approximate surface area is 108 Å². The Bertz CT molecular complexity index is 499. The van der Waals surface area contributed by atoms with E-state index in [2.05, 4.69) is 17.1 Å². The van der Waals surface area contributed by atoms with E-state index in [1.165, 1.54) is 0 Å². The van der Waals surface area contributed by atoms with Gasteiger partial charge in [0, 0.05) is 30.8 Å². The molecular formula is C15H20N2O. The number of benzene rings is 1. The summed E-state index contributed by atoms with van der Waals surface area (Å²) in [5.74, 6) is 0. The topological polar surface area (TPSA) is 48.1 Å². The summed E-state index contributed by atoms with van der Waals surface area (Å²) in [7, 11) is 0. The highest BCUT2D eigenvalue weighted by atomic mass is 16.5. The number of aromatic nitrogens is 1. The second kappa shape index (κ2) is 6.47. The molecule has 1 atom stereocenters. The van der Waals surface area contributed by atoms with E-state index in [0.29, 0.717) is 0 Å². The fourth-order valence-electron chi connectivity index (χ4n) is 2.01. The fraction of sp³-hybridized carbons (Fsp3) is 0.400. The Morgan fingerprint density at radius 1 is 1.33 bits per heavy atom. The zero-order valence-electron chi connectivity index (χ0n) is 10.8. The van der Waals surface area contributed by atoms with Crippen molar-refractivity contribution in [2.24, 2.45) is 5.73 Å². The number of para-hydroxylation sites is 1. The van der Waals surface area contributed by atoms with Crippen LogP contribution in [0.4, 0.5) is 0 Å². The van der Waals surface area contributed by atoms with Crippen molar-refractivity contribution in [2.75, 3.05) is 13.2 Å². The molecule has 0 fully saturated rings. The van der Waals surface area contributed by atoms with Crippen LogP contribution >= 0.6 is 0 Å². The summed E-state index contributed by atoms with van der Waals surface area (Å²) >= 11 is 0. The molecule has 0 bridgehead atoms. The Morgan fingerprint density at radius 2 is 2.17 bits per heavy atom.